The molecule has 0 radical (unpaired) electrons. The number of benzene rings is 1. The number of rotatable bonds is 1. The molecule has 1 aliphatic rings. The summed E-state index contributed by atoms with van der Waals surface area (Å²) in [7, 11) is 0. The van der Waals surface area contributed by atoms with Gasteiger partial charge in [-0.1, -0.05) is 23.2 Å². The van der Waals surface area contributed by atoms with Crippen molar-refractivity contribution in [3.63, 3.8) is 0 Å². The van der Waals surface area contributed by atoms with Gasteiger partial charge in [-0.15, -0.1) is 0 Å². The fraction of sp³-hybridized carbons (Fsp3) is 0.385. The van der Waals surface area contributed by atoms with E-state index in [4.69, 9.17) is 27.9 Å². The fourth-order valence-corrected chi connectivity index (χ4v) is 3.01. The molecule has 0 atom stereocenters. The van der Waals surface area contributed by atoms with Crippen LogP contribution < -0.4 is 0 Å². The van der Waals surface area contributed by atoms with Crippen molar-refractivity contribution in [1.29, 1.82) is 0 Å². The van der Waals surface area contributed by atoms with Crippen LogP contribution >= 0.6 is 23.2 Å². The summed E-state index contributed by atoms with van der Waals surface area (Å²) in [6.07, 6.45) is 4.20. The molecule has 2 heterocycles. The summed E-state index contributed by atoms with van der Waals surface area (Å²) < 4.78 is 7.67. The van der Waals surface area contributed by atoms with Crippen LogP contribution in [0.1, 0.15) is 18.9 Å². The van der Waals surface area contributed by atoms with Gasteiger partial charge in [0.15, 0.2) is 0 Å². The molecule has 4 heteroatoms. The maximum atomic E-state index is 6.19. The summed E-state index contributed by atoms with van der Waals surface area (Å²) in [5, 5.41) is 2.48. The van der Waals surface area contributed by atoms with Gasteiger partial charge in [0.1, 0.15) is 0 Å². The molecule has 90 valence electrons. The Bertz CT molecular complexity index is 544. The predicted octanol–water partition coefficient (Wildman–Crippen LogP) is 4.30. The Kier molecular flexibility index (Phi) is 3.03. The maximum absolute atomic E-state index is 6.19. The van der Waals surface area contributed by atoms with Crippen molar-refractivity contribution in [3.05, 3.63) is 34.4 Å². The lowest BCUT2D eigenvalue weighted by Gasteiger charge is -2.24. The van der Waals surface area contributed by atoms with Crippen LogP contribution in [0.25, 0.3) is 10.9 Å². The Hall–Kier alpha value is -0.700. The molecule has 1 aromatic heterocycles. The number of ether oxygens (including phenoxy) is 1. The lowest BCUT2D eigenvalue weighted by atomic mass is 10.1. The van der Waals surface area contributed by atoms with E-state index < -0.39 is 0 Å². The van der Waals surface area contributed by atoms with E-state index in [9.17, 15) is 0 Å². The molecule has 3 rings (SSSR count). The molecule has 0 bridgehead atoms. The van der Waals surface area contributed by atoms with Gasteiger partial charge in [-0.2, -0.15) is 0 Å². The van der Waals surface area contributed by atoms with Gasteiger partial charge in [0.25, 0.3) is 0 Å². The molecule has 0 amide bonds. The molecule has 0 saturated carbocycles. The van der Waals surface area contributed by atoms with E-state index in [-0.39, 0.29) is 0 Å². The number of halogens is 2. The van der Waals surface area contributed by atoms with Gasteiger partial charge in [0, 0.05) is 35.9 Å². The quantitative estimate of drug-likeness (QED) is 0.753. The highest BCUT2D eigenvalue weighted by molar-refractivity contribution is 6.38. The van der Waals surface area contributed by atoms with E-state index >= 15 is 0 Å². The third kappa shape index (κ3) is 2.05. The van der Waals surface area contributed by atoms with Crippen LogP contribution in [0.2, 0.25) is 10.0 Å². The van der Waals surface area contributed by atoms with Gasteiger partial charge >= 0.3 is 0 Å². The summed E-state index contributed by atoms with van der Waals surface area (Å²) in [5.41, 5.74) is 1.12. The molecule has 1 saturated heterocycles. The summed E-state index contributed by atoms with van der Waals surface area (Å²) in [6.45, 7) is 1.66. The van der Waals surface area contributed by atoms with Crippen molar-refractivity contribution in [2.24, 2.45) is 0 Å². The van der Waals surface area contributed by atoms with Crippen molar-refractivity contribution in [3.8, 4) is 0 Å². The van der Waals surface area contributed by atoms with Crippen molar-refractivity contribution in [1.82, 2.24) is 4.57 Å². The fourth-order valence-electron chi connectivity index (χ4n) is 2.47. The largest absolute Gasteiger partial charge is 0.381 e. The molecular weight excluding hydrogens is 257 g/mol. The minimum atomic E-state index is 0.496. The van der Waals surface area contributed by atoms with Gasteiger partial charge < -0.3 is 9.30 Å². The van der Waals surface area contributed by atoms with E-state index in [0.29, 0.717) is 11.1 Å². The molecule has 0 N–H and O–H groups in total. The van der Waals surface area contributed by atoms with Crippen LogP contribution in [0.4, 0.5) is 0 Å². The average molecular weight is 270 g/mol. The maximum Gasteiger partial charge on any atom is 0.0514 e. The number of hydrogen-bond donors (Lipinski definition) is 0. The average Bonchev–Trinajstić information content (AvgIpc) is 2.74. The molecule has 1 aliphatic heterocycles. The molecule has 0 spiro atoms. The number of fused-ring (bicyclic) bond motifs is 1. The van der Waals surface area contributed by atoms with Crippen LogP contribution in [0.5, 0.6) is 0 Å². The highest BCUT2D eigenvalue weighted by Gasteiger charge is 2.17. The third-order valence-electron chi connectivity index (χ3n) is 3.34. The van der Waals surface area contributed by atoms with E-state index in [2.05, 4.69) is 16.8 Å². The Morgan fingerprint density at radius 3 is 2.71 bits per heavy atom. The molecule has 2 aromatic rings. The van der Waals surface area contributed by atoms with Crippen LogP contribution in [-0.2, 0) is 4.74 Å². The summed E-state index contributed by atoms with van der Waals surface area (Å²) in [5.74, 6) is 0. The van der Waals surface area contributed by atoms with E-state index in [1.54, 1.807) is 6.07 Å². The van der Waals surface area contributed by atoms with Crippen molar-refractivity contribution in [2.45, 2.75) is 18.9 Å². The SMILES string of the molecule is Clc1cc(Cl)c2ccn(C3CCOCC3)c2c1. The minimum Gasteiger partial charge on any atom is -0.381 e. The summed E-state index contributed by atoms with van der Waals surface area (Å²) >= 11 is 12.3. The van der Waals surface area contributed by atoms with Crippen LogP contribution in [0.15, 0.2) is 24.4 Å². The molecule has 2 nitrogen and oxygen atoms in total. The van der Waals surface area contributed by atoms with Crippen molar-refractivity contribution in [2.75, 3.05) is 13.2 Å². The summed E-state index contributed by atoms with van der Waals surface area (Å²) in [6, 6.07) is 6.33. The molecule has 17 heavy (non-hydrogen) atoms. The molecule has 0 unspecified atom stereocenters. The highest BCUT2D eigenvalue weighted by atomic mass is 35.5. The third-order valence-corrected chi connectivity index (χ3v) is 3.87. The molecule has 0 aliphatic carbocycles. The first-order valence-electron chi connectivity index (χ1n) is 5.79. The van der Waals surface area contributed by atoms with Crippen LogP contribution in [0.3, 0.4) is 0 Å². The topological polar surface area (TPSA) is 14.2 Å². The smallest absolute Gasteiger partial charge is 0.0514 e. The van der Waals surface area contributed by atoms with E-state index in [1.807, 2.05) is 6.07 Å². The zero-order chi connectivity index (χ0) is 11.8. The predicted molar refractivity (Wildman–Crippen MR) is 71.0 cm³/mol. The van der Waals surface area contributed by atoms with E-state index in [0.717, 1.165) is 42.0 Å². The second-order valence-electron chi connectivity index (χ2n) is 4.39. The lowest BCUT2D eigenvalue weighted by Crippen LogP contribution is -2.18. The molecule has 1 fully saturated rings. The normalized spacial score (nSPS) is 17.8. The minimum absolute atomic E-state index is 0.496. The Labute approximate surface area is 110 Å². The number of nitrogens with zero attached hydrogens (tertiary/aromatic N) is 1. The van der Waals surface area contributed by atoms with Crippen LogP contribution in [0, 0.1) is 0 Å². The first-order valence-corrected chi connectivity index (χ1v) is 6.54. The number of hydrogen-bond acceptors (Lipinski definition) is 1. The highest BCUT2D eigenvalue weighted by Crippen LogP contribution is 2.32. The number of aromatic nitrogens is 1. The van der Waals surface area contributed by atoms with Gasteiger partial charge in [0.05, 0.1) is 10.5 Å². The van der Waals surface area contributed by atoms with Crippen molar-refractivity contribution < 1.29 is 4.74 Å². The monoisotopic (exact) mass is 269 g/mol. The standard InChI is InChI=1S/C13H13Cl2NO/c14-9-7-12(15)11-1-4-16(13(11)8-9)10-2-5-17-6-3-10/h1,4,7-8,10H,2-3,5-6H2. The van der Waals surface area contributed by atoms with Gasteiger partial charge in [-0.05, 0) is 31.0 Å². The molecular formula is C13H13Cl2NO. The van der Waals surface area contributed by atoms with Gasteiger partial charge in [-0.3, -0.25) is 0 Å². The second-order valence-corrected chi connectivity index (χ2v) is 5.23. The van der Waals surface area contributed by atoms with E-state index in [1.165, 1.54) is 0 Å². The summed E-state index contributed by atoms with van der Waals surface area (Å²) in [4.78, 5) is 0. The first-order chi connectivity index (χ1) is 8.25. The lowest BCUT2D eigenvalue weighted by molar-refractivity contribution is 0.0707. The first kappa shape index (κ1) is 11.4. The molecule has 1 aromatic carbocycles. The van der Waals surface area contributed by atoms with Gasteiger partial charge in [0.2, 0.25) is 0 Å². The Morgan fingerprint density at radius 1 is 1.18 bits per heavy atom. The van der Waals surface area contributed by atoms with Crippen LogP contribution in [-0.4, -0.2) is 17.8 Å². The zero-order valence-electron chi connectivity index (χ0n) is 9.33. The van der Waals surface area contributed by atoms with Crippen molar-refractivity contribution >= 4 is 34.1 Å². The van der Waals surface area contributed by atoms with Gasteiger partial charge in [-0.25, -0.2) is 0 Å². The zero-order valence-corrected chi connectivity index (χ0v) is 10.8. The second kappa shape index (κ2) is 4.52. The Balaban J connectivity index is 2.10. The Morgan fingerprint density at radius 2 is 1.94 bits per heavy atom.